The Balaban J connectivity index is 1.52. The van der Waals surface area contributed by atoms with Crippen LogP contribution in [0.4, 0.5) is 4.39 Å². The number of hydrogen-bond donors (Lipinski definition) is 0. The molecule has 33 heavy (non-hydrogen) atoms. The van der Waals surface area contributed by atoms with E-state index in [1.165, 1.54) is 19.2 Å². The molecule has 0 saturated heterocycles. The Bertz CT molecular complexity index is 1250. The van der Waals surface area contributed by atoms with Crippen LogP contribution in [0.15, 0.2) is 83.5 Å². The fourth-order valence-corrected chi connectivity index (χ4v) is 3.33. The first-order chi connectivity index (χ1) is 16.0. The van der Waals surface area contributed by atoms with Gasteiger partial charge in [-0.25, -0.2) is 4.39 Å². The molecule has 0 unspecified atom stereocenters. The zero-order valence-electron chi connectivity index (χ0n) is 18.1. The van der Waals surface area contributed by atoms with Crippen molar-refractivity contribution in [2.75, 3.05) is 7.11 Å². The number of nitrogens with zero attached hydrogens (tertiary/aromatic N) is 2. The molecule has 4 rings (SSSR count). The van der Waals surface area contributed by atoms with Crippen LogP contribution in [0.3, 0.4) is 0 Å². The van der Waals surface area contributed by atoms with Crippen LogP contribution < -0.4 is 9.47 Å². The van der Waals surface area contributed by atoms with E-state index in [0.717, 1.165) is 10.6 Å². The first-order valence-electron chi connectivity index (χ1n) is 10.2. The van der Waals surface area contributed by atoms with Crippen LogP contribution >= 0.6 is 0 Å². The number of amides is 2. The minimum absolute atomic E-state index is 0.248. The summed E-state index contributed by atoms with van der Waals surface area (Å²) in [5.74, 6) is -0.294. The number of carbonyl (C=O) groups excluding carboxylic acids is 2. The smallest absolute Gasteiger partial charge is 0.283 e. The van der Waals surface area contributed by atoms with Crippen molar-refractivity contribution in [3.8, 4) is 11.5 Å². The summed E-state index contributed by atoms with van der Waals surface area (Å²) in [7, 11) is 1.52. The third kappa shape index (κ3) is 4.82. The minimum Gasteiger partial charge on any atom is -0.493 e. The lowest BCUT2D eigenvalue weighted by atomic mass is 10.1. The number of halogens is 1. The van der Waals surface area contributed by atoms with Crippen LogP contribution in [0, 0.1) is 5.82 Å². The van der Waals surface area contributed by atoms with Crippen molar-refractivity contribution in [2.24, 2.45) is 5.10 Å². The summed E-state index contributed by atoms with van der Waals surface area (Å²) in [5, 5.41) is 5.04. The molecule has 7 heteroatoms. The normalized spacial score (nSPS) is 14.4. The second-order valence-electron chi connectivity index (χ2n) is 7.36. The molecule has 3 aromatic carbocycles. The van der Waals surface area contributed by atoms with Gasteiger partial charge < -0.3 is 9.47 Å². The van der Waals surface area contributed by atoms with Gasteiger partial charge in [0.15, 0.2) is 11.5 Å². The third-order valence-electron chi connectivity index (χ3n) is 5.08. The Hall–Kier alpha value is -4.26. The maximum atomic E-state index is 13.1. The Kier molecular flexibility index (Phi) is 6.31. The number of imide groups is 1. The zero-order chi connectivity index (χ0) is 23.4. The molecule has 166 valence electrons. The van der Waals surface area contributed by atoms with E-state index in [9.17, 15) is 14.0 Å². The molecular formula is C26H21FN2O4. The Morgan fingerprint density at radius 2 is 1.76 bits per heavy atom. The van der Waals surface area contributed by atoms with Gasteiger partial charge in [0.25, 0.3) is 11.8 Å². The number of hydrogen-bond acceptors (Lipinski definition) is 5. The van der Waals surface area contributed by atoms with Crippen molar-refractivity contribution in [3.63, 3.8) is 0 Å². The van der Waals surface area contributed by atoms with Gasteiger partial charge >= 0.3 is 0 Å². The fourth-order valence-electron chi connectivity index (χ4n) is 3.33. The fraction of sp³-hybridized carbons (Fsp3) is 0.115. The molecule has 6 nitrogen and oxygen atoms in total. The van der Waals surface area contributed by atoms with Gasteiger partial charge in [0.05, 0.1) is 18.4 Å². The van der Waals surface area contributed by atoms with Crippen molar-refractivity contribution in [3.05, 3.63) is 101 Å². The van der Waals surface area contributed by atoms with Gasteiger partial charge in [0.2, 0.25) is 0 Å². The van der Waals surface area contributed by atoms with Gasteiger partial charge in [0.1, 0.15) is 12.4 Å². The van der Waals surface area contributed by atoms with Gasteiger partial charge in [0, 0.05) is 5.56 Å². The number of ether oxygens (including phenoxy) is 2. The van der Waals surface area contributed by atoms with Crippen LogP contribution in [-0.2, 0) is 11.4 Å². The van der Waals surface area contributed by atoms with E-state index in [1.807, 2.05) is 0 Å². The molecule has 0 fully saturated rings. The van der Waals surface area contributed by atoms with Gasteiger partial charge in [-0.2, -0.15) is 10.1 Å². The highest BCUT2D eigenvalue weighted by atomic mass is 19.1. The Morgan fingerprint density at radius 3 is 2.45 bits per heavy atom. The molecule has 0 atom stereocenters. The van der Waals surface area contributed by atoms with Crippen molar-refractivity contribution < 1.29 is 23.5 Å². The second kappa shape index (κ2) is 9.48. The number of hydrazone groups is 1. The number of rotatable bonds is 6. The molecule has 0 saturated carbocycles. The summed E-state index contributed by atoms with van der Waals surface area (Å²) in [4.78, 5) is 25.5. The topological polar surface area (TPSA) is 68.2 Å². The first kappa shape index (κ1) is 22.0. The third-order valence-corrected chi connectivity index (χ3v) is 5.08. The van der Waals surface area contributed by atoms with E-state index in [1.54, 1.807) is 73.7 Å². The zero-order valence-corrected chi connectivity index (χ0v) is 18.1. The molecular weight excluding hydrogens is 423 g/mol. The molecule has 3 aromatic rings. The van der Waals surface area contributed by atoms with Gasteiger partial charge in [-0.1, -0.05) is 36.4 Å². The molecule has 0 spiro atoms. The highest BCUT2D eigenvalue weighted by Crippen LogP contribution is 2.30. The monoisotopic (exact) mass is 444 g/mol. The molecule has 2 amide bonds. The average molecular weight is 444 g/mol. The maximum absolute atomic E-state index is 13.1. The van der Waals surface area contributed by atoms with E-state index >= 15 is 0 Å². The molecule has 1 aliphatic heterocycles. The predicted molar refractivity (Wildman–Crippen MR) is 122 cm³/mol. The number of carbonyl (C=O) groups is 2. The van der Waals surface area contributed by atoms with Crippen molar-refractivity contribution in [1.29, 1.82) is 0 Å². The van der Waals surface area contributed by atoms with Gasteiger partial charge in [-0.15, -0.1) is 0 Å². The Morgan fingerprint density at radius 1 is 1.03 bits per heavy atom. The Labute approximate surface area is 190 Å². The van der Waals surface area contributed by atoms with E-state index in [0.29, 0.717) is 33.9 Å². The van der Waals surface area contributed by atoms with E-state index < -0.39 is 11.8 Å². The molecule has 0 aromatic heterocycles. The first-order valence-corrected chi connectivity index (χ1v) is 10.2. The molecule has 0 radical (unpaired) electrons. The lowest BCUT2D eigenvalue weighted by Crippen LogP contribution is -2.29. The summed E-state index contributed by atoms with van der Waals surface area (Å²) in [6, 6.07) is 19.8. The predicted octanol–water partition coefficient (Wildman–Crippen LogP) is 4.86. The van der Waals surface area contributed by atoms with Gasteiger partial charge in [-0.05, 0) is 60.5 Å². The van der Waals surface area contributed by atoms with Gasteiger partial charge in [-0.3, -0.25) is 9.59 Å². The lowest BCUT2D eigenvalue weighted by molar-refractivity contribution is -0.123. The van der Waals surface area contributed by atoms with E-state index in [2.05, 4.69) is 5.10 Å². The summed E-state index contributed by atoms with van der Waals surface area (Å²) < 4.78 is 24.3. The number of benzene rings is 3. The summed E-state index contributed by atoms with van der Waals surface area (Å²) >= 11 is 0. The SMILES string of the molecule is COc1cc(/C=C2/C(=O)N(C(=O)c3ccccc3)N=C2C)ccc1OCc1ccc(F)cc1. The average Bonchev–Trinajstić information content (AvgIpc) is 3.12. The maximum Gasteiger partial charge on any atom is 0.283 e. The second-order valence-corrected chi connectivity index (χ2v) is 7.36. The largest absolute Gasteiger partial charge is 0.493 e. The molecule has 1 aliphatic rings. The molecule has 0 N–H and O–H groups in total. The molecule has 0 aliphatic carbocycles. The molecule has 1 heterocycles. The van der Waals surface area contributed by atoms with Crippen LogP contribution in [0.2, 0.25) is 0 Å². The lowest BCUT2D eigenvalue weighted by Gasteiger charge is -2.12. The standard InChI is InChI=1S/C26H21FN2O4/c1-17-22(26(31)29(28-17)25(30)20-6-4-3-5-7-20)14-19-10-13-23(24(15-19)32-2)33-16-18-8-11-21(27)12-9-18/h3-15H,16H2,1-2H3/b22-14+. The van der Waals surface area contributed by atoms with Crippen molar-refractivity contribution in [2.45, 2.75) is 13.5 Å². The van der Waals surface area contributed by atoms with Crippen LogP contribution in [-0.4, -0.2) is 29.6 Å². The molecule has 0 bridgehead atoms. The quantitative estimate of drug-likeness (QED) is 0.402. The van der Waals surface area contributed by atoms with Crippen LogP contribution in [0.1, 0.15) is 28.4 Å². The van der Waals surface area contributed by atoms with Crippen molar-refractivity contribution in [1.82, 2.24) is 5.01 Å². The van der Waals surface area contributed by atoms with E-state index in [-0.39, 0.29) is 12.4 Å². The summed E-state index contributed by atoms with van der Waals surface area (Å²) in [6.07, 6.45) is 1.66. The van der Waals surface area contributed by atoms with Crippen LogP contribution in [0.5, 0.6) is 11.5 Å². The highest BCUT2D eigenvalue weighted by Gasteiger charge is 2.32. The van der Waals surface area contributed by atoms with Crippen LogP contribution in [0.25, 0.3) is 6.08 Å². The summed E-state index contributed by atoms with van der Waals surface area (Å²) in [6.45, 7) is 1.93. The van der Waals surface area contributed by atoms with E-state index in [4.69, 9.17) is 9.47 Å². The summed E-state index contributed by atoms with van der Waals surface area (Å²) in [5.41, 5.74) is 2.65. The van der Waals surface area contributed by atoms with Crippen molar-refractivity contribution >= 4 is 23.6 Å². The number of methoxy groups -OCH3 is 1. The highest BCUT2D eigenvalue weighted by molar-refractivity contribution is 6.30. The minimum atomic E-state index is -0.489.